The molecule has 0 saturated carbocycles. The van der Waals surface area contributed by atoms with E-state index in [1.165, 1.54) is 16.7 Å². The summed E-state index contributed by atoms with van der Waals surface area (Å²) in [6.45, 7) is 2.06. The minimum absolute atomic E-state index is 1.07. The molecule has 0 N–H and O–H groups in total. The minimum Gasteiger partial charge on any atom is -0.357 e. The molecule has 19 heavy (non-hydrogen) atoms. The van der Waals surface area contributed by atoms with E-state index in [0.29, 0.717) is 0 Å². The Morgan fingerprint density at radius 2 is 1.79 bits per heavy atom. The van der Waals surface area contributed by atoms with Gasteiger partial charge in [-0.3, -0.25) is 4.99 Å². The van der Waals surface area contributed by atoms with Crippen molar-refractivity contribution in [2.75, 3.05) is 7.05 Å². The Morgan fingerprint density at radius 3 is 2.58 bits per heavy atom. The Hall–Kier alpha value is -2.35. The highest BCUT2D eigenvalue weighted by Gasteiger charge is 2.15. The van der Waals surface area contributed by atoms with Crippen LogP contribution in [-0.2, 0) is 0 Å². The van der Waals surface area contributed by atoms with Crippen molar-refractivity contribution in [2.24, 2.45) is 4.99 Å². The first-order valence-corrected chi connectivity index (χ1v) is 6.39. The van der Waals surface area contributed by atoms with Crippen LogP contribution in [-0.4, -0.2) is 17.7 Å². The van der Waals surface area contributed by atoms with Crippen molar-refractivity contribution in [3.05, 3.63) is 72.1 Å². The third-order valence-electron chi connectivity index (χ3n) is 3.32. The van der Waals surface area contributed by atoms with Crippen LogP contribution in [0.15, 0.2) is 71.5 Å². The number of para-hydroxylation sites is 1. The Kier molecular flexibility index (Phi) is 2.92. The molecule has 94 valence electrons. The van der Waals surface area contributed by atoms with Crippen LogP contribution in [0.1, 0.15) is 12.5 Å². The van der Waals surface area contributed by atoms with E-state index >= 15 is 0 Å². The van der Waals surface area contributed by atoms with Crippen molar-refractivity contribution < 1.29 is 0 Å². The Bertz CT molecular complexity index is 642. The first-order chi connectivity index (χ1) is 9.24. The van der Waals surface area contributed by atoms with Crippen LogP contribution in [0.4, 0.5) is 5.69 Å². The topological polar surface area (TPSA) is 15.6 Å². The fourth-order valence-electron chi connectivity index (χ4n) is 2.25. The quantitative estimate of drug-likeness (QED) is 0.731. The molecule has 2 aliphatic heterocycles. The van der Waals surface area contributed by atoms with E-state index in [4.69, 9.17) is 0 Å². The summed E-state index contributed by atoms with van der Waals surface area (Å²) < 4.78 is 0. The largest absolute Gasteiger partial charge is 0.357 e. The maximum absolute atomic E-state index is 4.58. The molecule has 0 spiro atoms. The molecule has 0 amide bonds. The second kappa shape index (κ2) is 4.73. The molecular formula is C17H16N2. The number of aliphatic imine (C=N–C) groups is 1. The summed E-state index contributed by atoms with van der Waals surface area (Å²) >= 11 is 0. The molecular weight excluding hydrogens is 232 g/mol. The lowest BCUT2D eigenvalue weighted by molar-refractivity contribution is 0.620. The van der Waals surface area contributed by atoms with Gasteiger partial charge in [0.05, 0.1) is 5.69 Å². The van der Waals surface area contributed by atoms with Gasteiger partial charge < -0.3 is 4.90 Å². The van der Waals surface area contributed by atoms with Gasteiger partial charge in [-0.2, -0.15) is 0 Å². The fourth-order valence-corrected chi connectivity index (χ4v) is 2.25. The summed E-state index contributed by atoms with van der Waals surface area (Å²) in [7, 11) is 2.02. The number of allylic oxidation sites excluding steroid dienone is 6. The first-order valence-electron chi connectivity index (χ1n) is 6.39. The van der Waals surface area contributed by atoms with Crippen molar-refractivity contribution in [3.8, 4) is 0 Å². The zero-order valence-corrected chi connectivity index (χ0v) is 11.2. The van der Waals surface area contributed by atoms with Gasteiger partial charge in [0.25, 0.3) is 0 Å². The van der Waals surface area contributed by atoms with Gasteiger partial charge in [0.1, 0.15) is 0 Å². The van der Waals surface area contributed by atoms with Crippen molar-refractivity contribution in [1.29, 1.82) is 0 Å². The second-order valence-electron chi connectivity index (χ2n) is 4.76. The van der Waals surface area contributed by atoms with Crippen molar-refractivity contribution >= 4 is 17.0 Å². The van der Waals surface area contributed by atoms with Crippen molar-refractivity contribution in [2.45, 2.75) is 6.92 Å². The smallest absolute Gasteiger partial charge is 0.0712 e. The number of fused-ring (bicyclic) bond motifs is 1. The Labute approximate surface area is 113 Å². The van der Waals surface area contributed by atoms with E-state index in [1.54, 1.807) is 0 Å². The third-order valence-corrected chi connectivity index (χ3v) is 3.32. The molecule has 2 heterocycles. The summed E-state index contributed by atoms with van der Waals surface area (Å²) in [6, 6.07) is 8.27. The van der Waals surface area contributed by atoms with Crippen LogP contribution in [0.2, 0.25) is 0 Å². The summed E-state index contributed by atoms with van der Waals surface area (Å²) in [5.41, 5.74) is 5.78. The van der Waals surface area contributed by atoms with Crippen LogP contribution < -0.4 is 0 Å². The fraction of sp³-hybridized carbons (Fsp3) is 0.118. The summed E-state index contributed by atoms with van der Waals surface area (Å²) in [6.07, 6.45) is 12.6. The predicted molar refractivity (Wildman–Crippen MR) is 81.3 cm³/mol. The van der Waals surface area contributed by atoms with E-state index in [0.717, 1.165) is 11.4 Å². The lowest BCUT2D eigenvalue weighted by Crippen LogP contribution is -2.02. The number of hydrogen-bond donors (Lipinski definition) is 0. The Morgan fingerprint density at radius 1 is 1.05 bits per heavy atom. The van der Waals surface area contributed by atoms with E-state index in [1.807, 2.05) is 30.4 Å². The maximum atomic E-state index is 4.58. The molecule has 2 nitrogen and oxygen atoms in total. The molecule has 0 fully saturated rings. The molecule has 2 heteroatoms. The van der Waals surface area contributed by atoms with Gasteiger partial charge in [0.2, 0.25) is 0 Å². The molecule has 0 bridgehead atoms. The van der Waals surface area contributed by atoms with Crippen LogP contribution in [0.25, 0.3) is 5.57 Å². The summed E-state index contributed by atoms with van der Waals surface area (Å²) in [4.78, 5) is 6.61. The summed E-state index contributed by atoms with van der Waals surface area (Å²) in [5, 5.41) is 0. The monoisotopic (exact) mass is 248 g/mol. The van der Waals surface area contributed by atoms with E-state index in [-0.39, 0.29) is 0 Å². The third kappa shape index (κ3) is 2.29. The predicted octanol–water partition coefficient (Wildman–Crippen LogP) is 4.08. The van der Waals surface area contributed by atoms with Gasteiger partial charge in [0, 0.05) is 36.3 Å². The van der Waals surface area contributed by atoms with Crippen LogP contribution >= 0.6 is 0 Å². The number of rotatable bonds is 1. The van der Waals surface area contributed by atoms with Gasteiger partial charge in [-0.1, -0.05) is 30.4 Å². The van der Waals surface area contributed by atoms with E-state index in [2.05, 4.69) is 54.4 Å². The highest BCUT2D eigenvalue weighted by atomic mass is 15.0. The molecule has 0 unspecified atom stereocenters. The second-order valence-corrected chi connectivity index (χ2v) is 4.76. The molecule has 0 saturated heterocycles. The zero-order valence-electron chi connectivity index (χ0n) is 11.2. The van der Waals surface area contributed by atoms with Gasteiger partial charge in [-0.05, 0) is 30.7 Å². The lowest BCUT2D eigenvalue weighted by atomic mass is 10.0. The lowest BCUT2D eigenvalue weighted by Gasteiger charge is -2.11. The molecule has 2 aliphatic rings. The van der Waals surface area contributed by atoms with Gasteiger partial charge in [-0.15, -0.1) is 0 Å². The number of benzene rings is 1. The normalized spacial score (nSPS) is 18.8. The molecule has 1 aromatic rings. The molecule has 0 aromatic heterocycles. The zero-order chi connectivity index (χ0) is 13.2. The number of hydrogen-bond acceptors (Lipinski definition) is 2. The Balaban J connectivity index is 1.94. The average Bonchev–Trinajstić information content (AvgIpc) is 2.74. The molecule has 1 aromatic carbocycles. The average molecular weight is 248 g/mol. The standard InChI is InChI=1S/C17H16N2/c1-13-15(16-5-3-4-6-17(16)18-13)8-7-14-9-11-19(2)12-10-14/h3-12H,1-2H3/b15-8+. The molecule has 0 aliphatic carbocycles. The first kappa shape index (κ1) is 11.7. The maximum Gasteiger partial charge on any atom is 0.0712 e. The van der Waals surface area contributed by atoms with Crippen molar-refractivity contribution in [3.63, 3.8) is 0 Å². The SMILES string of the molecule is CC1=Nc2ccccc2/C1=C/C=C1C=CN(C)C=C1. The van der Waals surface area contributed by atoms with Crippen LogP contribution in [0.3, 0.4) is 0 Å². The summed E-state index contributed by atoms with van der Waals surface area (Å²) in [5.74, 6) is 0. The van der Waals surface area contributed by atoms with Gasteiger partial charge in [0.15, 0.2) is 0 Å². The van der Waals surface area contributed by atoms with Crippen LogP contribution in [0, 0.1) is 0 Å². The van der Waals surface area contributed by atoms with E-state index in [9.17, 15) is 0 Å². The number of nitrogens with zero attached hydrogens (tertiary/aromatic N) is 2. The van der Waals surface area contributed by atoms with Gasteiger partial charge in [-0.25, -0.2) is 0 Å². The highest BCUT2D eigenvalue weighted by molar-refractivity contribution is 6.28. The van der Waals surface area contributed by atoms with Crippen LogP contribution in [0.5, 0.6) is 0 Å². The van der Waals surface area contributed by atoms with Gasteiger partial charge >= 0.3 is 0 Å². The van der Waals surface area contributed by atoms with Crippen molar-refractivity contribution in [1.82, 2.24) is 4.90 Å². The highest BCUT2D eigenvalue weighted by Crippen LogP contribution is 2.34. The molecule has 0 atom stereocenters. The molecule has 0 radical (unpaired) electrons. The van der Waals surface area contributed by atoms with E-state index < -0.39 is 0 Å². The molecule has 3 rings (SSSR count). The minimum atomic E-state index is 1.07.